The molecule has 1 unspecified atom stereocenters. The first-order chi connectivity index (χ1) is 12.2. The summed E-state index contributed by atoms with van der Waals surface area (Å²) in [5.41, 5.74) is 0.285. The first-order valence-corrected chi connectivity index (χ1v) is 10.2. The van der Waals surface area contributed by atoms with Crippen LogP contribution in [0, 0.1) is 5.92 Å². The fourth-order valence-corrected chi connectivity index (χ4v) is 4.76. The summed E-state index contributed by atoms with van der Waals surface area (Å²) >= 11 is 0. The lowest BCUT2D eigenvalue weighted by Gasteiger charge is -2.48. The monoisotopic (exact) mass is 351 g/mol. The van der Waals surface area contributed by atoms with Crippen molar-refractivity contribution in [3.05, 3.63) is 0 Å². The summed E-state index contributed by atoms with van der Waals surface area (Å²) in [6.45, 7) is 8.34. The van der Waals surface area contributed by atoms with Crippen LogP contribution in [0.2, 0.25) is 0 Å². The third-order valence-electron chi connectivity index (χ3n) is 6.32. The lowest BCUT2D eigenvalue weighted by molar-refractivity contribution is -0.0352. The Bertz CT molecular complexity index is 430. The Labute approximate surface area is 153 Å². The molecule has 2 heterocycles. The number of morpholine rings is 1. The highest BCUT2D eigenvalue weighted by molar-refractivity contribution is 5.79. The standard InChI is InChI=1S/C19H37N5O/c1-20-18(21-14-17-6-9-23(2)15-17)22-16-19(7-4-3-5-8-19)24-10-12-25-13-11-24/h17H,3-16H2,1-2H3,(H2,20,21,22). The van der Waals surface area contributed by atoms with E-state index in [1.165, 1.54) is 51.6 Å². The summed E-state index contributed by atoms with van der Waals surface area (Å²) in [6, 6.07) is 0. The van der Waals surface area contributed by atoms with Crippen LogP contribution in [0.3, 0.4) is 0 Å². The van der Waals surface area contributed by atoms with Crippen molar-refractivity contribution in [2.75, 3.05) is 66.6 Å². The van der Waals surface area contributed by atoms with Gasteiger partial charge in [0.15, 0.2) is 5.96 Å². The molecule has 3 fully saturated rings. The van der Waals surface area contributed by atoms with E-state index in [0.29, 0.717) is 0 Å². The molecule has 0 aromatic heterocycles. The van der Waals surface area contributed by atoms with Crippen LogP contribution in [0.1, 0.15) is 38.5 Å². The molecule has 25 heavy (non-hydrogen) atoms. The van der Waals surface area contributed by atoms with Gasteiger partial charge in [0.25, 0.3) is 0 Å². The highest BCUT2D eigenvalue weighted by atomic mass is 16.5. The SMILES string of the molecule is CN=C(NCC1CCN(C)C1)NCC1(N2CCOCC2)CCCCC1. The second-order valence-electron chi connectivity index (χ2n) is 8.11. The zero-order valence-corrected chi connectivity index (χ0v) is 16.2. The number of likely N-dealkylation sites (tertiary alicyclic amines) is 1. The van der Waals surface area contributed by atoms with E-state index in [4.69, 9.17) is 4.74 Å². The van der Waals surface area contributed by atoms with Crippen molar-refractivity contribution in [1.29, 1.82) is 0 Å². The third-order valence-corrected chi connectivity index (χ3v) is 6.32. The van der Waals surface area contributed by atoms with Crippen LogP contribution in [-0.4, -0.2) is 87.9 Å². The summed E-state index contributed by atoms with van der Waals surface area (Å²) in [4.78, 5) is 9.56. The minimum atomic E-state index is 0.285. The Morgan fingerprint density at radius 1 is 1.12 bits per heavy atom. The molecule has 144 valence electrons. The van der Waals surface area contributed by atoms with Crippen molar-refractivity contribution in [2.24, 2.45) is 10.9 Å². The van der Waals surface area contributed by atoms with E-state index in [2.05, 4.69) is 32.5 Å². The molecule has 6 nitrogen and oxygen atoms in total. The Hall–Kier alpha value is -0.850. The molecule has 2 aliphatic heterocycles. The fraction of sp³-hybridized carbons (Fsp3) is 0.947. The number of aliphatic imine (C=N–C) groups is 1. The van der Waals surface area contributed by atoms with Crippen molar-refractivity contribution in [3.63, 3.8) is 0 Å². The molecular formula is C19H37N5O. The Kier molecular flexibility index (Phi) is 6.96. The lowest BCUT2D eigenvalue weighted by Crippen LogP contribution is -2.60. The van der Waals surface area contributed by atoms with Gasteiger partial charge in [-0.3, -0.25) is 9.89 Å². The largest absolute Gasteiger partial charge is 0.379 e. The zero-order valence-electron chi connectivity index (χ0n) is 16.2. The van der Waals surface area contributed by atoms with E-state index in [1.807, 2.05) is 7.05 Å². The predicted octanol–water partition coefficient (Wildman–Crippen LogP) is 1.14. The summed E-state index contributed by atoms with van der Waals surface area (Å²) < 4.78 is 5.58. The molecule has 1 saturated carbocycles. The number of nitrogens with one attached hydrogen (secondary N) is 2. The van der Waals surface area contributed by atoms with Crippen LogP contribution in [0.15, 0.2) is 4.99 Å². The second-order valence-corrected chi connectivity index (χ2v) is 8.11. The molecule has 1 aliphatic carbocycles. The number of hydrogen-bond donors (Lipinski definition) is 2. The predicted molar refractivity (Wildman–Crippen MR) is 103 cm³/mol. The van der Waals surface area contributed by atoms with E-state index in [9.17, 15) is 0 Å². The molecule has 0 amide bonds. The molecule has 6 heteroatoms. The van der Waals surface area contributed by atoms with Crippen LogP contribution in [0.4, 0.5) is 0 Å². The van der Waals surface area contributed by atoms with E-state index < -0.39 is 0 Å². The third kappa shape index (κ3) is 5.08. The van der Waals surface area contributed by atoms with Gasteiger partial charge in [0.2, 0.25) is 0 Å². The van der Waals surface area contributed by atoms with Crippen LogP contribution in [-0.2, 0) is 4.74 Å². The minimum absolute atomic E-state index is 0.285. The van der Waals surface area contributed by atoms with Crippen LogP contribution >= 0.6 is 0 Å². The van der Waals surface area contributed by atoms with Gasteiger partial charge in [-0.15, -0.1) is 0 Å². The lowest BCUT2D eigenvalue weighted by atomic mass is 9.80. The maximum absolute atomic E-state index is 5.58. The van der Waals surface area contributed by atoms with Gasteiger partial charge in [-0.1, -0.05) is 19.3 Å². The van der Waals surface area contributed by atoms with Gasteiger partial charge in [-0.05, 0) is 38.8 Å². The van der Waals surface area contributed by atoms with Gasteiger partial charge in [0.1, 0.15) is 0 Å². The molecule has 0 spiro atoms. The number of guanidine groups is 1. The summed E-state index contributed by atoms with van der Waals surface area (Å²) in [5, 5.41) is 7.22. The zero-order chi connectivity index (χ0) is 17.5. The number of rotatable bonds is 5. The molecule has 3 rings (SSSR count). The van der Waals surface area contributed by atoms with Gasteiger partial charge in [-0.25, -0.2) is 0 Å². The molecule has 1 atom stereocenters. The van der Waals surface area contributed by atoms with Crippen LogP contribution in [0.5, 0.6) is 0 Å². The molecule has 0 aromatic rings. The molecule has 0 radical (unpaired) electrons. The van der Waals surface area contributed by atoms with Gasteiger partial charge < -0.3 is 20.3 Å². The first kappa shape index (κ1) is 18.9. The highest BCUT2D eigenvalue weighted by Crippen LogP contribution is 2.33. The quantitative estimate of drug-likeness (QED) is 0.575. The van der Waals surface area contributed by atoms with Gasteiger partial charge in [0, 0.05) is 45.3 Å². The summed E-state index contributed by atoms with van der Waals surface area (Å²) in [5.74, 6) is 1.71. The molecule has 2 saturated heterocycles. The van der Waals surface area contributed by atoms with E-state index >= 15 is 0 Å². The normalized spacial score (nSPS) is 28.9. The molecule has 0 aromatic carbocycles. The van der Waals surface area contributed by atoms with E-state index in [0.717, 1.165) is 51.3 Å². The highest BCUT2D eigenvalue weighted by Gasteiger charge is 2.38. The maximum atomic E-state index is 5.58. The maximum Gasteiger partial charge on any atom is 0.191 e. The average Bonchev–Trinajstić information content (AvgIpc) is 3.08. The Balaban J connectivity index is 1.52. The van der Waals surface area contributed by atoms with E-state index in [1.54, 1.807) is 0 Å². The van der Waals surface area contributed by atoms with Crippen molar-refractivity contribution in [3.8, 4) is 0 Å². The molecule has 0 bridgehead atoms. The summed E-state index contributed by atoms with van der Waals surface area (Å²) in [7, 11) is 4.10. The summed E-state index contributed by atoms with van der Waals surface area (Å²) in [6.07, 6.45) is 7.96. The fourth-order valence-electron chi connectivity index (χ4n) is 4.76. The van der Waals surface area contributed by atoms with Crippen molar-refractivity contribution in [1.82, 2.24) is 20.4 Å². The van der Waals surface area contributed by atoms with Gasteiger partial charge >= 0.3 is 0 Å². The van der Waals surface area contributed by atoms with Crippen molar-refractivity contribution >= 4 is 5.96 Å². The van der Waals surface area contributed by atoms with Gasteiger partial charge in [-0.2, -0.15) is 0 Å². The molecular weight excluding hydrogens is 314 g/mol. The van der Waals surface area contributed by atoms with Crippen molar-refractivity contribution in [2.45, 2.75) is 44.1 Å². The number of ether oxygens (including phenoxy) is 1. The molecule has 2 N–H and O–H groups in total. The van der Waals surface area contributed by atoms with E-state index in [-0.39, 0.29) is 5.54 Å². The van der Waals surface area contributed by atoms with Crippen molar-refractivity contribution < 1.29 is 4.74 Å². The number of hydrogen-bond acceptors (Lipinski definition) is 4. The smallest absolute Gasteiger partial charge is 0.191 e. The van der Waals surface area contributed by atoms with Crippen LogP contribution < -0.4 is 10.6 Å². The second kappa shape index (κ2) is 9.19. The topological polar surface area (TPSA) is 52.1 Å². The Morgan fingerprint density at radius 3 is 2.52 bits per heavy atom. The Morgan fingerprint density at radius 2 is 1.88 bits per heavy atom. The minimum Gasteiger partial charge on any atom is -0.379 e. The first-order valence-electron chi connectivity index (χ1n) is 10.2. The van der Waals surface area contributed by atoms with Crippen LogP contribution in [0.25, 0.3) is 0 Å². The molecule has 3 aliphatic rings. The van der Waals surface area contributed by atoms with Gasteiger partial charge in [0.05, 0.1) is 13.2 Å². The average molecular weight is 352 g/mol. The number of nitrogens with zero attached hydrogens (tertiary/aromatic N) is 3.